The third kappa shape index (κ3) is 3.78. The summed E-state index contributed by atoms with van der Waals surface area (Å²) < 4.78 is 2.04. The second-order valence-corrected chi connectivity index (χ2v) is 8.06. The predicted molar refractivity (Wildman–Crippen MR) is 105 cm³/mol. The SMILES string of the molecule is C[C@H]1CCCN(C(=O)c2ccc(SCc3cn4ccccc4n3)cc2)C1. The lowest BCUT2D eigenvalue weighted by molar-refractivity contribution is 0.0683. The lowest BCUT2D eigenvalue weighted by Gasteiger charge is -2.31. The molecule has 3 aromatic rings. The quantitative estimate of drug-likeness (QED) is 0.639. The lowest BCUT2D eigenvalue weighted by Crippen LogP contribution is -2.39. The average molecular weight is 366 g/mol. The number of nitrogens with zero attached hydrogens (tertiary/aromatic N) is 3. The van der Waals surface area contributed by atoms with Crippen molar-refractivity contribution in [2.75, 3.05) is 13.1 Å². The van der Waals surface area contributed by atoms with Crippen LogP contribution in [0.1, 0.15) is 35.8 Å². The first-order valence-corrected chi connectivity index (χ1v) is 10.1. The number of benzene rings is 1. The second-order valence-electron chi connectivity index (χ2n) is 7.01. The maximum absolute atomic E-state index is 12.6. The van der Waals surface area contributed by atoms with Gasteiger partial charge in [0.05, 0.1) is 5.69 Å². The number of hydrogen-bond acceptors (Lipinski definition) is 3. The normalized spacial score (nSPS) is 17.6. The first kappa shape index (κ1) is 17.2. The minimum Gasteiger partial charge on any atom is -0.338 e. The summed E-state index contributed by atoms with van der Waals surface area (Å²) in [6.07, 6.45) is 6.42. The highest BCUT2D eigenvalue weighted by atomic mass is 32.2. The van der Waals surface area contributed by atoms with Gasteiger partial charge in [-0.05, 0) is 55.2 Å². The molecule has 134 valence electrons. The van der Waals surface area contributed by atoms with E-state index >= 15 is 0 Å². The molecular formula is C21H23N3OS. The summed E-state index contributed by atoms with van der Waals surface area (Å²) in [5.41, 5.74) is 2.82. The summed E-state index contributed by atoms with van der Waals surface area (Å²) in [5, 5.41) is 0. The van der Waals surface area contributed by atoms with E-state index in [-0.39, 0.29) is 5.91 Å². The number of rotatable bonds is 4. The Hall–Kier alpha value is -2.27. The standard InChI is InChI=1S/C21H23N3OS/c1-16-5-4-12-24(13-16)21(25)17-7-9-19(10-8-17)26-15-18-14-23-11-3-2-6-20(23)22-18/h2-3,6-11,14,16H,4-5,12-13,15H2,1H3/t16-/m0/s1. The van der Waals surface area contributed by atoms with Gasteiger partial charge in [-0.2, -0.15) is 0 Å². The molecule has 0 N–H and O–H groups in total. The van der Waals surface area contributed by atoms with Gasteiger partial charge in [0.1, 0.15) is 5.65 Å². The Morgan fingerprint density at radius 3 is 2.85 bits per heavy atom. The fraction of sp³-hybridized carbons (Fsp3) is 0.333. The molecule has 0 unspecified atom stereocenters. The molecule has 5 heteroatoms. The Balaban J connectivity index is 1.38. The van der Waals surface area contributed by atoms with Gasteiger partial charge in [0, 0.05) is 41.7 Å². The highest BCUT2D eigenvalue weighted by molar-refractivity contribution is 7.98. The Kier molecular flexibility index (Phi) is 4.98. The number of likely N-dealkylation sites (tertiary alicyclic amines) is 1. The summed E-state index contributed by atoms with van der Waals surface area (Å²) in [6.45, 7) is 3.98. The third-order valence-corrected chi connectivity index (χ3v) is 5.89. The molecule has 0 saturated carbocycles. The molecule has 26 heavy (non-hydrogen) atoms. The van der Waals surface area contributed by atoms with Gasteiger partial charge in [0.15, 0.2) is 0 Å². The molecule has 1 fully saturated rings. The van der Waals surface area contributed by atoms with E-state index in [9.17, 15) is 4.79 Å². The van der Waals surface area contributed by atoms with Gasteiger partial charge < -0.3 is 9.30 Å². The van der Waals surface area contributed by atoms with Crippen molar-refractivity contribution in [1.29, 1.82) is 0 Å². The van der Waals surface area contributed by atoms with Crippen LogP contribution < -0.4 is 0 Å². The van der Waals surface area contributed by atoms with Crippen LogP contribution in [0.5, 0.6) is 0 Å². The molecule has 1 aliphatic rings. The van der Waals surface area contributed by atoms with Crippen LogP contribution >= 0.6 is 11.8 Å². The van der Waals surface area contributed by atoms with Crippen molar-refractivity contribution in [3.63, 3.8) is 0 Å². The van der Waals surface area contributed by atoms with Crippen LogP contribution in [0.15, 0.2) is 59.8 Å². The Bertz CT molecular complexity index is 870. The zero-order valence-corrected chi connectivity index (χ0v) is 15.8. The summed E-state index contributed by atoms with van der Waals surface area (Å²) in [7, 11) is 0. The molecule has 4 nitrogen and oxygen atoms in total. The van der Waals surface area contributed by atoms with Gasteiger partial charge in [-0.1, -0.05) is 13.0 Å². The van der Waals surface area contributed by atoms with E-state index < -0.39 is 0 Å². The van der Waals surface area contributed by atoms with Crippen molar-refractivity contribution in [3.05, 3.63) is 66.1 Å². The highest BCUT2D eigenvalue weighted by Crippen LogP contribution is 2.24. The molecule has 0 radical (unpaired) electrons. The maximum atomic E-state index is 12.6. The van der Waals surface area contributed by atoms with E-state index in [0.717, 1.165) is 47.1 Å². The van der Waals surface area contributed by atoms with Crippen LogP contribution in [-0.4, -0.2) is 33.3 Å². The number of amides is 1. The van der Waals surface area contributed by atoms with E-state index in [1.807, 2.05) is 58.0 Å². The number of hydrogen-bond donors (Lipinski definition) is 0. The molecule has 1 amide bonds. The fourth-order valence-corrected chi connectivity index (χ4v) is 4.25. The summed E-state index contributed by atoms with van der Waals surface area (Å²) in [6, 6.07) is 14.0. The maximum Gasteiger partial charge on any atom is 0.253 e. The number of fused-ring (bicyclic) bond motifs is 1. The fourth-order valence-electron chi connectivity index (χ4n) is 3.46. The molecule has 2 aromatic heterocycles. The van der Waals surface area contributed by atoms with Gasteiger partial charge in [0.2, 0.25) is 0 Å². The lowest BCUT2D eigenvalue weighted by atomic mass is 9.99. The minimum atomic E-state index is 0.161. The third-order valence-electron chi connectivity index (χ3n) is 4.85. The second kappa shape index (κ2) is 7.54. The smallest absolute Gasteiger partial charge is 0.253 e. The summed E-state index contributed by atoms with van der Waals surface area (Å²) in [4.78, 5) is 20.4. The summed E-state index contributed by atoms with van der Waals surface area (Å²) in [5.74, 6) is 1.58. The molecular weight excluding hydrogens is 342 g/mol. The van der Waals surface area contributed by atoms with Crippen LogP contribution in [0.3, 0.4) is 0 Å². The molecule has 0 bridgehead atoms. The van der Waals surface area contributed by atoms with Crippen molar-refractivity contribution in [3.8, 4) is 0 Å². The molecule has 3 heterocycles. The number of piperidine rings is 1. The average Bonchev–Trinajstić information content (AvgIpc) is 3.09. The summed E-state index contributed by atoms with van der Waals surface area (Å²) >= 11 is 1.74. The predicted octanol–water partition coefficient (Wildman–Crippen LogP) is 4.50. The van der Waals surface area contributed by atoms with Gasteiger partial charge >= 0.3 is 0 Å². The number of carbonyl (C=O) groups is 1. The number of imidazole rings is 1. The Morgan fingerprint density at radius 2 is 2.08 bits per heavy atom. The largest absolute Gasteiger partial charge is 0.338 e. The molecule has 1 atom stereocenters. The van der Waals surface area contributed by atoms with Crippen molar-refractivity contribution in [2.45, 2.75) is 30.4 Å². The van der Waals surface area contributed by atoms with Crippen LogP contribution in [0.4, 0.5) is 0 Å². The van der Waals surface area contributed by atoms with E-state index in [4.69, 9.17) is 0 Å². The number of carbonyl (C=O) groups excluding carboxylic acids is 1. The monoisotopic (exact) mass is 365 g/mol. The van der Waals surface area contributed by atoms with E-state index in [2.05, 4.69) is 18.1 Å². The van der Waals surface area contributed by atoms with E-state index in [0.29, 0.717) is 5.92 Å². The Morgan fingerprint density at radius 1 is 1.23 bits per heavy atom. The number of thioether (sulfide) groups is 1. The van der Waals surface area contributed by atoms with Gasteiger partial charge in [-0.25, -0.2) is 4.98 Å². The highest BCUT2D eigenvalue weighted by Gasteiger charge is 2.21. The van der Waals surface area contributed by atoms with Crippen LogP contribution in [0.2, 0.25) is 0 Å². The topological polar surface area (TPSA) is 37.6 Å². The van der Waals surface area contributed by atoms with Crippen LogP contribution in [0.25, 0.3) is 5.65 Å². The molecule has 1 aromatic carbocycles. The zero-order chi connectivity index (χ0) is 17.9. The molecule has 4 rings (SSSR count). The van der Waals surface area contributed by atoms with Crippen molar-refractivity contribution >= 4 is 23.3 Å². The van der Waals surface area contributed by atoms with Crippen LogP contribution in [-0.2, 0) is 5.75 Å². The first-order valence-electron chi connectivity index (χ1n) is 9.14. The molecule has 1 saturated heterocycles. The minimum absolute atomic E-state index is 0.161. The molecule has 1 aliphatic heterocycles. The molecule has 0 spiro atoms. The van der Waals surface area contributed by atoms with Crippen molar-refractivity contribution in [1.82, 2.24) is 14.3 Å². The number of pyridine rings is 1. The first-order chi connectivity index (χ1) is 12.7. The Labute approximate surface area is 158 Å². The van der Waals surface area contributed by atoms with Gasteiger partial charge in [-0.15, -0.1) is 11.8 Å². The van der Waals surface area contributed by atoms with Crippen molar-refractivity contribution < 1.29 is 4.79 Å². The molecule has 0 aliphatic carbocycles. The van der Waals surface area contributed by atoms with Crippen molar-refractivity contribution in [2.24, 2.45) is 5.92 Å². The number of aromatic nitrogens is 2. The zero-order valence-electron chi connectivity index (χ0n) is 15.0. The van der Waals surface area contributed by atoms with E-state index in [1.54, 1.807) is 11.8 Å². The van der Waals surface area contributed by atoms with Gasteiger partial charge in [0.25, 0.3) is 5.91 Å². The van der Waals surface area contributed by atoms with Crippen LogP contribution in [0, 0.1) is 5.92 Å². The van der Waals surface area contributed by atoms with E-state index in [1.165, 1.54) is 6.42 Å². The van der Waals surface area contributed by atoms with Gasteiger partial charge in [-0.3, -0.25) is 4.79 Å².